The average Bonchev–Trinajstić information content (AvgIpc) is 2.67. The van der Waals surface area contributed by atoms with Crippen LogP contribution >= 0.6 is 11.8 Å². The second kappa shape index (κ2) is 7.03. The summed E-state index contributed by atoms with van der Waals surface area (Å²) in [6, 6.07) is 9.15. The molecule has 1 aromatic carbocycles. The minimum absolute atomic E-state index is 0.0386. The fourth-order valence-corrected chi connectivity index (χ4v) is 4.24. The molecule has 1 aliphatic heterocycles. The maximum absolute atomic E-state index is 14.1. The molecule has 0 amide bonds. The number of pyridine rings is 1. The van der Waals surface area contributed by atoms with Crippen LogP contribution in [0.2, 0.25) is 0 Å². The molecular weight excluding hydrogens is 347 g/mol. The Balaban J connectivity index is 1.72. The lowest BCUT2D eigenvalue weighted by Gasteiger charge is -2.27. The molecule has 1 unspecified atom stereocenters. The van der Waals surface area contributed by atoms with Crippen molar-refractivity contribution in [1.82, 2.24) is 15.0 Å². The van der Waals surface area contributed by atoms with E-state index in [1.807, 2.05) is 32.0 Å². The summed E-state index contributed by atoms with van der Waals surface area (Å²) in [7, 11) is 0. The van der Waals surface area contributed by atoms with Gasteiger partial charge in [-0.15, -0.1) is 11.8 Å². The molecule has 1 aliphatic rings. The number of nitrogens with one attached hydrogen (secondary N) is 1. The number of anilines is 1. The van der Waals surface area contributed by atoms with Crippen LogP contribution < -0.4 is 5.32 Å². The summed E-state index contributed by atoms with van der Waals surface area (Å²) in [4.78, 5) is 14.2. The monoisotopic (exact) mass is 366 g/mol. The van der Waals surface area contributed by atoms with Crippen LogP contribution in [-0.2, 0) is 0 Å². The Hall–Kier alpha value is -2.47. The molecule has 0 aliphatic carbocycles. The van der Waals surface area contributed by atoms with Gasteiger partial charge in [-0.3, -0.25) is 4.98 Å². The molecule has 0 radical (unpaired) electrons. The highest BCUT2D eigenvalue weighted by Crippen LogP contribution is 2.39. The van der Waals surface area contributed by atoms with Gasteiger partial charge in [0.1, 0.15) is 11.6 Å². The highest BCUT2D eigenvalue weighted by atomic mass is 32.2. The Bertz CT molecular complexity index is 946. The predicted octanol–water partition coefficient (Wildman–Crippen LogP) is 4.94. The van der Waals surface area contributed by atoms with Gasteiger partial charge in [0.2, 0.25) is 0 Å². The zero-order valence-electron chi connectivity index (χ0n) is 14.7. The number of fused-ring (bicyclic) bond motifs is 1. The maximum atomic E-state index is 14.1. The Kier molecular flexibility index (Phi) is 4.59. The summed E-state index contributed by atoms with van der Waals surface area (Å²) in [6.07, 6.45) is 4.41. The highest BCUT2D eigenvalue weighted by molar-refractivity contribution is 7.99. The van der Waals surface area contributed by atoms with E-state index in [9.17, 15) is 4.39 Å². The first-order valence-corrected chi connectivity index (χ1v) is 9.55. The Labute approximate surface area is 156 Å². The van der Waals surface area contributed by atoms with E-state index in [1.54, 1.807) is 30.2 Å². The van der Waals surface area contributed by atoms with Crippen molar-refractivity contribution < 1.29 is 4.39 Å². The first kappa shape index (κ1) is 17.0. The zero-order valence-corrected chi connectivity index (χ0v) is 15.5. The summed E-state index contributed by atoms with van der Waals surface area (Å²) < 4.78 is 14.1. The number of aryl methyl sites for hydroxylation is 1. The van der Waals surface area contributed by atoms with Crippen LogP contribution in [0.25, 0.3) is 11.4 Å². The quantitative estimate of drug-likeness (QED) is 0.711. The third-order valence-corrected chi connectivity index (χ3v) is 5.80. The van der Waals surface area contributed by atoms with E-state index in [-0.39, 0.29) is 11.9 Å². The van der Waals surface area contributed by atoms with E-state index in [2.05, 4.69) is 15.3 Å². The van der Waals surface area contributed by atoms with Crippen LogP contribution in [0, 0.1) is 19.7 Å². The van der Waals surface area contributed by atoms with E-state index >= 15 is 0 Å². The number of halogens is 1. The standard InChI is InChI=1S/C20H19FN4S/c1-12-13(2)23-20(14-5-4-9-22-11-14)25-19(12)24-17-8-10-26-18-15(17)6-3-7-16(18)21/h3-7,9,11,17H,8,10H2,1-2H3,(H,23,24,25). The topological polar surface area (TPSA) is 50.7 Å². The van der Waals surface area contributed by atoms with Crippen molar-refractivity contribution in [1.29, 1.82) is 0 Å². The number of hydrogen-bond acceptors (Lipinski definition) is 5. The van der Waals surface area contributed by atoms with Crippen LogP contribution in [0.3, 0.4) is 0 Å². The third kappa shape index (κ3) is 3.17. The summed E-state index contributed by atoms with van der Waals surface area (Å²) in [5.74, 6) is 2.17. The zero-order chi connectivity index (χ0) is 18.1. The van der Waals surface area contributed by atoms with Crippen LogP contribution in [-0.4, -0.2) is 20.7 Å². The van der Waals surface area contributed by atoms with Crippen LogP contribution in [0.15, 0.2) is 47.6 Å². The first-order valence-electron chi connectivity index (χ1n) is 8.57. The summed E-state index contributed by atoms with van der Waals surface area (Å²) in [6.45, 7) is 3.99. The van der Waals surface area contributed by atoms with Gasteiger partial charge in [-0.2, -0.15) is 0 Å². The van der Waals surface area contributed by atoms with E-state index in [4.69, 9.17) is 4.98 Å². The van der Waals surface area contributed by atoms with Crippen LogP contribution in [0.5, 0.6) is 0 Å². The summed E-state index contributed by atoms with van der Waals surface area (Å²) in [5, 5.41) is 3.53. The van der Waals surface area contributed by atoms with Gasteiger partial charge < -0.3 is 5.32 Å². The molecule has 2 aromatic heterocycles. The first-order chi connectivity index (χ1) is 12.6. The summed E-state index contributed by atoms with van der Waals surface area (Å²) in [5.41, 5.74) is 3.81. The van der Waals surface area contributed by atoms with Crippen molar-refractivity contribution >= 4 is 17.6 Å². The molecule has 4 rings (SSSR count). The largest absolute Gasteiger partial charge is 0.363 e. The van der Waals surface area contributed by atoms with E-state index in [0.717, 1.165) is 45.3 Å². The van der Waals surface area contributed by atoms with Gasteiger partial charge in [0.15, 0.2) is 5.82 Å². The average molecular weight is 366 g/mol. The second-order valence-corrected chi connectivity index (χ2v) is 7.45. The normalized spacial score (nSPS) is 16.2. The van der Waals surface area contributed by atoms with Crippen molar-refractivity contribution in [2.45, 2.75) is 31.2 Å². The van der Waals surface area contributed by atoms with Crippen LogP contribution in [0.4, 0.5) is 10.2 Å². The summed E-state index contributed by atoms with van der Waals surface area (Å²) >= 11 is 1.58. The highest BCUT2D eigenvalue weighted by Gasteiger charge is 2.24. The Morgan fingerprint density at radius 3 is 2.85 bits per heavy atom. The smallest absolute Gasteiger partial charge is 0.163 e. The number of aromatic nitrogens is 3. The molecular formula is C20H19FN4S. The Morgan fingerprint density at radius 1 is 1.15 bits per heavy atom. The molecule has 0 saturated carbocycles. The third-order valence-electron chi connectivity index (χ3n) is 4.65. The minimum Gasteiger partial charge on any atom is -0.363 e. The number of rotatable bonds is 3. The molecule has 1 N–H and O–H groups in total. The van der Waals surface area contributed by atoms with Crippen molar-refractivity contribution in [2.75, 3.05) is 11.1 Å². The van der Waals surface area contributed by atoms with Gasteiger partial charge in [0.05, 0.1) is 6.04 Å². The molecule has 0 bridgehead atoms. The molecule has 1 atom stereocenters. The van der Waals surface area contributed by atoms with Gasteiger partial charge in [-0.1, -0.05) is 12.1 Å². The lowest BCUT2D eigenvalue weighted by molar-refractivity contribution is 0.584. The van der Waals surface area contributed by atoms with Gasteiger partial charge in [-0.05, 0) is 44.0 Å². The van der Waals surface area contributed by atoms with E-state index in [0.29, 0.717) is 5.82 Å². The van der Waals surface area contributed by atoms with E-state index < -0.39 is 0 Å². The molecule has 0 fully saturated rings. The molecule has 132 valence electrons. The SMILES string of the molecule is Cc1nc(-c2cccnc2)nc(NC2CCSc3c(F)cccc32)c1C. The van der Waals surface area contributed by atoms with Crippen molar-refractivity contribution in [3.8, 4) is 11.4 Å². The number of hydrogen-bond donors (Lipinski definition) is 1. The van der Waals surface area contributed by atoms with Gasteiger partial charge in [0, 0.05) is 39.9 Å². The maximum Gasteiger partial charge on any atom is 0.163 e. The molecule has 26 heavy (non-hydrogen) atoms. The fourth-order valence-electron chi connectivity index (χ4n) is 3.09. The lowest BCUT2D eigenvalue weighted by Crippen LogP contribution is -2.19. The molecule has 3 heterocycles. The number of thioether (sulfide) groups is 1. The molecule has 3 aromatic rings. The van der Waals surface area contributed by atoms with Gasteiger partial charge in [0.25, 0.3) is 0 Å². The predicted molar refractivity (Wildman–Crippen MR) is 103 cm³/mol. The minimum atomic E-state index is -0.148. The number of nitrogens with zero attached hydrogens (tertiary/aromatic N) is 3. The van der Waals surface area contributed by atoms with E-state index in [1.165, 1.54) is 6.07 Å². The van der Waals surface area contributed by atoms with Crippen molar-refractivity contribution in [3.63, 3.8) is 0 Å². The molecule has 0 saturated heterocycles. The molecule has 4 nitrogen and oxygen atoms in total. The molecule has 6 heteroatoms. The second-order valence-electron chi connectivity index (χ2n) is 6.34. The van der Waals surface area contributed by atoms with Gasteiger partial charge in [-0.25, -0.2) is 14.4 Å². The Morgan fingerprint density at radius 2 is 2.04 bits per heavy atom. The fraction of sp³-hybridized carbons (Fsp3) is 0.250. The molecule has 0 spiro atoms. The lowest BCUT2D eigenvalue weighted by atomic mass is 10.0. The van der Waals surface area contributed by atoms with Gasteiger partial charge >= 0.3 is 0 Å². The number of benzene rings is 1. The van der Waals surface area contributed by atoms with Crippen molar-refractivity contribution in [3.05, 3.63) is 65.4 Å². The van der Waals surface area contributed by atoms with Crippen molar-refractivity contribution in [2.24, 2.45) is 0 Å². The van der Waals surface area contributed by atoms with Crippen LogP contribution in [0.1, 0.15) is 29.3 Å².